The molecule has 26 heavy (non-hydrogen) atoms. The van der Waals surface area contributed by atoms with Crippen LogP contribution in [0.15, 0.2) is 18.3 Å². The van der Waals surface area contributed by atoms with Crippen LogP contribution in [0.1, 0.15) is 40.3 Å². The number of nitrogens with zero attached hydrogens (tertiary/aromatic N) is 5. The van der Waals surface area contributed by atoms with E-state index in [0.717, 1.165) is 29.8 Å². The number of hydrogen-bond donors (Lipinski definition) is 0. The van der Waals surface area contributed by atoms with E-state index in [2.05, 4.69) is 10.1 Å². The Balaban J connectivity index is 1.71. The van der Waals surface area contributed by atoms with Crippen LogP contribution in [0, 0.1) is 19.8 Å². The lowest BCUT2D eigenvalue weighted by atomic mass is 10.1. The molecule has 1 saturated carbocycles. The Morgan fingerprint density at radius 2 is 2.12 bits per heavy atom. The summed E-state index contributed by atoms with van der Waals surface area (Å²) in [6.07, 6.45) is 3.27. The van der Waals surface area contributed by atoms with Gasteiger partial charge in [-0.05, 0) is 38.8 Å². The Morgan fingerprint density at radius 1 is 1.38 bits per heavy atom. The van der Waals surface area contributed by atoms with Crippen molar-refractivity contribution in [2.24, 2.45) is 7.05 Å². The zero-order chi connectivity index (χ0) is 18.6. The molecular weight excluding hydrogens is 357 g/mol. The van der Waals surface area contributed by atoms with Crippen LogP contribution >= 0.6 is 11.6 Å². The largest absolute Gasteiger partial charge is 0.330 e. The van der Waals surface area contributed by atoms with E-state index in [0.29, 0.717) is 17.2 Å². The van der Waals surface area contributed by atoms with E-state index in [1.807, 2.05) is 20.9 Å². The highest BCUT2D eigenvalue weighted by Crippen LogP contribution is 2.31. The van der Waals surface area contributed by atoms with Crippen LogP contribution in [0.4, 0.5) is 4.39 Å². The van der Waals surface area contributed by atoms with Crippen LogP contribution < -0.4 is 0 Å². The first kappa shape index (κ1) is 17.0. The first-order valence-electron chi connectivity index (χ1n) is 8.50. The summed E-state index contributed by atoms with van der Waals surface area (Å²) in [6.45, 7) is 4.30. The van der Waals surface area contributed by atoms with Gasteiger partial charge in [0.25, 0.3) is 5.91 Å². The molecule has 0 N–H and O–H groups in total. The summed E-state index contributed by atoms with van der Waals surface area (Å²) < 4.78 is 17.8. The minimum Gasteiger partial charge on any atom is -0.330 e. The van der Waals surface area contributed by atoms with Crippen LogP contribution in [-0.2, 0) is 13.6 Å². The fourth-order valence-electron chi connectivity index (χ4n) is 3.23. The first-order chi connectivity index (χ1) is 12.4. The van der Waals surface area contributed by atoms with Gasteiger partial charge in [-0.3, -0.25) is 13.9 Å². The number of fused-ring (bicyclic) bond motifs is 1. The van der Waals surface area contributed by atoms with Gasteiger partial charge in [0.2, 0.25) is 5.95 Å². The average molecular weight is 376 g/mol. The minimum absolute atomic E-state index is 0.120. The molecule has 0 aromatic carbocycles. The molecule has 3 heterocycles. The van der Waals surface area contributed by atoms with Crippen LogP contribution in [0.3, 0.4) is 0 Å². The molecule has 8 heteroatoms. The third-order valence-electron chi connectivity index (χ3n) is 4.96. The number of halogens is 2. The maximum absolute atomic E-state index is 14.8. The summed E-state index contributed by atoms with van der Waals surface area (Å²) in [5.41, 5.74) is 3.08. The summed E-state index contributed by atoms with van der Waals surface area (Å²) in [6, 6.07) is 3.34. The first-order valence-corrected chi connectivity index (χ1v) is 8.87. The summed E-state index contributed by atoms with van der Waals surface area (Å²) in [5.74, 6) is -1.08. The molecule has 0 radical (unpaired) electrons. The Hall–Kier alpha value is -2.41. The third-order valence-corrected chi connectivity index (χ3v) is 5.19. The molecule has 4 rings (SSSR count). The predicted molar refractivity (Wildman–Crippen MR) is 95.7 cm³/mol. The zero-order valence-electron chi connectivity index (χ0n) is 14.8. The van der Waals surface area contributed by atoms with Gasteiger partial charge in [-0.2, -0.15) is 9.49 Å². The molecule has 1 aliphatic carbocycles. The smallest absolute Gasteiger partial charge is 0.277 e. The van der Waals surface area contributed by atoms with Gasteiger partial charge in [0.05, 0.1) is 10.7 Å². The summed E-state index contributed by atoms with van der Waals surface area (Å²) in [4.78, 5) is 19.0. The Bertz CT molecular complexity index is 1020. The molecule has 1 aliphatic rings. The topological polar surface area (TPSA) is 55.4 Å². The van der Waals surface area contributed by atoms with Gasteiger partial charge < -0.3 is 4.90 Å². The molecule has 0 atom stereocenters. The van der Waals surface area contributed by atoms with E-state index >= 15 is 0 Å². The number of imidazole rings is 1. The standard InChI is InChI=1S/C18H19ClFN5O/c1-10-14(11(2)23(3)22-10)9-24(13-5-6-13)18(26)16-17(20)25-8-12(19)4-7-15(25)21-16/h4,7-8,13H,5-6,9H2,1-3H3. The molecule has 3 aromatic rings. The highest BCUT2D eigenvalue weighted by molar-refractivity contribution is 6.30. The van der Waals surface area contributed by atoms with E-state index in [4.69, 9.17) is 11.6 Å². The second kappa shape index (κ2) is 6.09. The van der Waals surface area contributed by atoms with Crippen molar-refractivity contribution in [3.8, 4) is 0 Å². The van der Waals surface area contributed by atoms with E-state index in [9.17, 15) is 9.18 Å². The molecule has 6 nitrogen and oxygen atoms in total. The zero-order valence-corrected chi connectivity index (χ0v) is 15.6. The molecular formula is C18H19ClFN5O. The van der Waals surface area contributed by atoms with Crippen molar-refractivity contribution in [2.45, 2.75) is 39.3 Å². The van der Waals surface area contributed by atoms with Crippen molar-refractivity contribution in [3.63, 3.8) is 0 Å². The molecule has 1 amide bonds. The van der Waals surface area contributed by atoms with E-state index in [1.165, 1.54) is 10.6 Å². The van der Waals surface area contributed by atoms with Crippen LogP contribution in [0.2, 0.25) is 5.02 Å². The SMILES string of the molecule is Cc1nn(C)c(C)c1CN(C(=O)c1nc2ccc(Cl)cn2c1F)C1CC1. The molecule has 136 valence electrons. The van der Waals surface area contributed by atoms with Gasteiger partial charge >= 0.3 is 0 Å². The van der Waals surface area contributed by atoms with Crippen LogP contribution in [0.25, 0.3) is 5.65 Å². The number of aromatic nitrogens is 4. The van der Waals surface area contributed by atoms with Crippen molar-refractivity contribution in [3.05, 3.63) is 51.9 Å². The van der Waals surface area contributed by atoms with Gasteiger partial charge in [-0.15, -0.1) is 0 Å². The van der Waals surface area contributed by atoms with E-state index < -0.39 is 11.9 Å². The molecule has 0 bridgehead atoms. The Labute approximate surface area is 155 Å². The van der Waals surface area contributed by atoms with Gasteiger partial charge in [0, 0.05) is 37.1 Å². The van der Waals surface area contributed by atoms with Gasteiger partial charge in [0.1, 0.15) is 5.65 Å². The second-order valence-corrected chi connectivity index (χ2v) is 7.20. The highest BCUT2D eigenvalue weighted by Gasteiger charge is 2.36. The number of aryl methyl sites for hydroxylation is 2. The van der Waals surface area contributed by atoms with Crippen molar-refractivity contribution >= 4 is 23.2 Å². The number of rotatable bonds is 4. The van der Waals surface area contributed by atoms with Crippen molar-refractivity contribution < 1.29 is 9.18 Å². The third kappa shape index (κ3) is 2.76. The second-order valence-electron chi connectivity index (χ2n) is 6.76. The Morgan fingerprint density at radius 3 is 2.73 bits per heavy atom. The maximum atomic E-state index is 14.8. The lowest BCUT2D eigenvalue weighted by Crippen LogP contribution is -2.33. The number of amides is 1. The molecule has 0 saturated heterocycles. The van der Waals surface area contributed by atoms with Gasteiger partial charge in [0.15, 0.2) is 5.69 Å². The van der Waals surface area contributed by atoms with E-state index in [-0.39, 0.29) is 11.7 Å². The van der Waals surface area contributed by atoms with Gasteiger partial charge in [-0.25, -0.2) is 4.98 Å². The Kier molecular flexibility index (Phi) is 3.99. The summed E-state index contributed by atoms with van der Waals surface area (Å²) >= 11 is 5.93. The van der Waals surface area contributed by atoms with Crippen LogP contribution in [-0.4, -0.2) is 36.0 Å². The number of carbonyl (C=O) groups is 1. The van der Waals surface area contributed by atoms with Crippen molar-refractivity contribution in [2.75, 3.05) is 0 Å². The molecule has 0 unspecified atom stereocenters. The highest BCUT2D eigenvalue weighted by atomic mass is 35.5. The van der Waals surface area contributed by atoms with Crippen molar-refractivity contribution in [1.82, 2.24) is 24.1 Å². The summed E-state index contributed by atoms with van der Waals surface area (Å²) in [5, 5.41) is 4.79. The molecule has 0 spiro atoms. The monoisotopic (exact) mass is 375 g/mol. The summed E-state index contributed by atoms with van der Waals surface area (Å²) in [7, 11) is 1.88. The lowest BCUT2D eigenvalue weighted by Gasteiger charge is -2.21. The predicted octanol–water partition coefficient (Wildman–Crippen LogP) is 3.28. The van der Waals surface area contributed by atoms with Crippen LogP contribution in [0.5, 0.6) is 0 Å². The fraction of sp³-hybridized carbons (Fsp3) is 0.389. The normalized spacial score (nSPS) is 14.2. The average Bonchev–Trinajstić information content (AvgIpc) is 3.35. The fourth-order valence-corrected chi connectivity index (χ4v) is 3.39. The quantitative estimate of drug-likeness (QED) is 0.703. The minimum atomic E-state index is -0.683. The maximum Gasteiger partial charge on any atom is 0.277 e. The molecule has 0 aliphatic heterocycles. The lowest BCUT2D eigenvalue weighted by molar-refractivity contribution is 0.0718. The van der Waals surface area contributed by atoms with Gasteiger partial charge in [-0.1, -0.05) is 11.6 Å². The molecule has 1 fully saturated rings. The number of carbonyl (C=O) groups excluding carboxylic acids is 1. The molecule has 3 aromatic heterocycles. The van der Waals surface area contributed by atoms with Crippen molar-refractivity contribution in [1.29, 1.82) is 0 Å². The number of pyridine rings is 1. The van der Waals surface area contributed by atoms with E-state index in [1.54, 1.807) is 21.7 Å². The number of hydrogen-bond acceptors (Lipinski definition) is 3.